The Balaban J connectivity index is 2.59. The molecular weight excluding hydrogens is 208 g/mol. The Hall–Kier alpha value is -1.14. The Morgan fingerprint density at radius 2 is 1.94 bits per heavy atom. The zero-order chi connectivity index (χ0) is 12.1. The van der Waals surface area contributed by atoms with Gasteiger partial charge in [0.25, 0.3) is 0 Å². The summed E-state index contributed by atoms with van der Waals surface area (Å²) in [5.41, 5.74) is 5.34. The van der Waals surface area contributed by atoms with Gasteiger partial charge in [0, 0.05) is 40.3 Å². The predicted octanol–water partition coefficient (Wildman–Crippen LogP) is -1.78. The maximum atomic E-state index is 11.6. The van der Waals surface area contributed by atoms with Gasteiger partial charge in [-0.15, -0.1) is 0 Å². The van der Waals surface area contributed by atoms with Gasteiger partial charge in [-0.3, -0.25) is 14.5 Å². The highest BCUT2D eigenvalue weighted by atomic mass is 16.2. The van der Waals surface area contributed by atoms with Crippen LogP contribution in [0.1, 0.15) is 6.42 Å². The van der Waals surface area contributed by atoms with Crippen molar-refractivity contribution in [3.8, 4) is 0 Å². The first-order chi connectivity index (χ1) is 7.52. The number of nitrogens with two attached hydrogens (primary N) is 1. The van der Waals surface area contributed by atoms with E-state index < -0.39 is 11.9 Å². The van der Waals surface area contributed by atoms with Gasteiger partial charge in [-0.05, 0) is 0 Å². The fourth-order valence-corrected chi connectivity index (χ4v) is 1.75. The predicted molar refractivity (Wildman–Crippen MR) is 60.7 cm³/mol. The molecule has 92 valence electrons. The summed E-state index contributed by atoms with van der Waals surface area (Å²) >= 11 is 0. The molecule has 6 nitrogen and oxygen atoms in total. The van der Waals surface area contributed by atoms with Crippen molar-refractivity contribution in [3.63, 3.8) is 0 Å². The molecule has 2 amide bonds. The standard InChI is InChI=1S/C10H20N4O2/c1-13(2)9(15)7-8(10(11)16)14-5-3-12-4-6-14/h8,12H,3-7H2,1-2H3,(H2,11,16). The molecule has 1 fully saturated rings. The zero-order valence-electron chi connectivity index (χ0n) is 9.90. The Bertz CT molecular complexity index is 262. The third-order valence-corrected chi connectivity index (χ3v) is 2.79. The highest BCUT2D eigenvalue weighted by Gasteiger charge is 2.27. The average molecular weight is 228 g/mol. The molecule has 1 aliphatic rings. The molecule has 0 aromatic rings. The molecule has 6 heteroatoms. The minimum absolute atomic E-state index is 0.0673. The molecule has 0 aliphatic carbocycles. The molecule has 3 N–H and O–H groups in total. The van der Waals surface area contributed by atoms with E-state index >= 15 is 0 Å². The van der Waals surface area contributed by atoms with Gasteiger partial charge in [0.15, 0.2) is 0 Å². The first kappa shape index (κ1) is 12.9. The van der Waals surface area contributed by atoms with E-state index in [1.54, 1.807) is 14.1 Å². The van der Waals surface area contributed by atoms with Crippen LogP contribution >= 0.6 is 0 Å². The summed E-state index contributed by atoms with van der Waals surface area (Å²) in [5.74, 6) is -0.487. The molecule has 0 bridgehead atoms. The molecule has 1 atom stereocenters. The summed E-state index contributed by atoms with van der Waals surface area (Å²) in [4.78, 5) is 26.4. The summed E-state index contributed by atoms with van der Waals surface area (Å²) < 4.78 is 0. The quantitative estimate of drug-likeness (QED) is 0.596. The Kier molecular flexibility index (Phi) is 4.70. The van der Waals surface area contributed by atoms with E-state index in [1.807, 2.05) is 4.90 Å². The van der Waals surface area contributed by atoms with E-state index in [0.29, 0.717) is 0 Å². The largest absolute Gasteiger partial charge is 0.368 e. The number of nitrogens with zero attached hydrogens (tertiary/aromatic N) is 2. The molecule has 0 radical (unpaired) electrons. The van der Waals surface area contributed by atoms with Gasteiger partial charge < -0.3 is 16.0 Å². The summed E-state index contributed by atoms with van der Waals surface area (Å²) in [6.45, 7) is 3.18. The van der Waals surface area contributed by atoms with Crippen molar-refractivity contribution < 1.29 is 9.59 Å². The molecule has 1 aliphatic heterocycles. The van der Waals surface area contributed by atoms with Gasteiger partial charge in [0.2, 0.25) is 11.8 Å². The monoisotopic (exact) mass is 228 g/mol. The number of piperazine rings is 1. The second kappa shape index (κ2) is 5.81. The topological polar surface area (TPSA) is 78.7 Å². The van der Waals surface area contributed by atoms with Crippen LogP contribution in [-0.4, -0.2) is 67.9 Å². The molecule has 1 unspecified atom stereocenters. The van der Waals surface area contributed by atoms with E-state index in [9.17, 15) is 9.59 Å². The highest BCUT2D eigenvalue weighted by Crippen LogP contribution is 2.07. The van der Waals surface area contributed by atoms with Crippen LogP contribution in [0, 0.1) is 0 Å². The average Bonchev–Trinajstić information content (AvgIpc) is 2.26. The Labute approximate surface area is 95.8 Å². The minimum Gasteiger partial charge on any atom is -0.368 e. The van der Waals surface area contributed by atoms with Crippen molar-refractivity contribution in [2.75, 3.05) is 40.3 Å². The van der Waals surface area contributed by atoms with Crippen molar-refractivity contribution in [3.05, 3.63) is 0 Å². The number of primary amides is 1. The number of nitrogens with one attached hydrogen (secondary N) is 1. The summed E-state index contributed by atoms with van der Waals surface area (Å²) in [7, 11) is 3.36. The van der Waals surface area contributed by atoms with Crippen LogP contribution in [0.5, 0.6) is 0 Å². The smallest absolute Gasteiger partial charge is 0.235 e. The SMILES string of the molecule is CN(C)C(=O)CC(C(N)=O)N1CCNCC1. The second-order valence-corrected chi connectivity index (χ2v) is 4.20. The van der Waals surface area contributed by atoms with Crippen molar-refractivity contribution in [1.82, 2.24) is 15.1 Å². The van der Waals surface area contributed by atoms with Crippen LogP contribution in [0.3, 0.4) is 0 Å². The van der Waals surface area contributed by atoms with E-state index in [1.165, 1.54) is 4.90 Å². The lowest BCUT2D eigenvalue weighted by Gasteiger charge is -2.33. The minimum atomic E-state index is -0.475. The van der Waals surface area contributed by atoms with Crippen molar-refractivity contribution >= 4 is 11.8 Å². The van der Waals surface area contributed by atoms with E-state index in [0.717, 1.165) is 26.2 Å². The van der Waals surface area contributed by atoms with Crippen LogP contribution in [0.25, 0.3) is 0 Å². The Morgan fingerprint density at radius 3 is 2.38 bits per heavy atom. The molecule has 0 spiro atoms. The lowest BCUT2D eigenvalue weighted by molar-refractivity contribution is -0.134. The van der Waals surface area contributed by atoms with Crippen LogP contribution in [0.2, 0.25) is 0 Å². The number of carbonyl (C=O) groups excluding carboxylic acids is 2. The third-order valence-electron chi connectivity index (χ3n) is 2.79. The van der Waals surface area contributed by atoms with Crippen LogP contribution in [-0.2, 0) is 9.59 Å². The molecule has 1 rings (SSSR count). The van der Waals surface area contributed by atoms with Gasteiger partial charge in [-0.25, -0.2) is 0 Å². The van der Waals surface area contributed by atoms with Gasteiger partial charge in [-0.2, -0.15) is 0 Å². The molecule has 1 heterocycles. The first-order valence-electron chi connectivity index (χ1n) is 5.46. The van der Waals surface area contributed by atoms with Gasteiger partial charge in [-0.1, -0.05) is 0 Å². The first-order valence-corrected chi connectivity index (χ1v) is 5.46. The second-order valence-electron chi connectivity index (χ2n) is 4.20. The lowest BCUT2D eigenvalue weighted by Crippen LogP contribution is -2.54. The van der Waals surface area contributed by atoms with Gasteiger partial charge >= 0.3 is 0 Å². The Morgan fingerprint density at radius 1 is 1.38 bits per heavy atom. The number of rotatable bonds is 4. The molecule has 1 saturated heterocycles. The third kappa shape index (κ3) is 3.46. The highest BCUT2D eigenvalue weighted by molar-refractivity contribution is 5.87. The summed E-state index contributed by atoms with van der Waals surface area (Å²) in [5, 5.41) is 3.20. The van der Waals surface area contributed by atoms with Gasteiger partial charge in [0.05, 0.1) is 12.5 Å². The number of carbonyl (C=O) groups is 2. The van der Waals surface area contributed by atoms with Crippen LogP contribution in [0.4, 0.5) is 0 Å². The molecule has 0 aromatic carbocycles. The fraction of sp³-hybridized carbons (Fsp3) is 0.800. The van der Waals surface area contributed by atoms with Crippen LogP contribution < -0.4 is 11.1 Å². The molecular formula is C10H20N4O2. The van der Waals surface area contributed by atoms with Crippen molar-refractivity contribution in [2.45, 2.75) is 12.5 Å². The summed E-state index contributed by atoms with van der Waals surface area (Å²) in [6.07, 6.45) is 0.169. The maximum Gasteiger partial charge on any atom is 0.235 e. The number of hydrogen-bond acceptors (Lipinski definition) is 4. The van der Waals surface area contributed by atoms with Crippen molar-refractivity contribution in [1.29, 1.82) is 0 Å². The number of amides is 2. The molecule has 16 heavy (non-hydrogen) atoms. The summed E-state index contributed by atoms with van der Waals surface area (Å²) in [6, 6.07) is -0.475. The normalized spacial score (nSPS) is 19.1. The van der Waals surface area contributed by atoms with Crippen molar-refractivity contribution in [2.24, 2.45) is 5.73 Å². The fourth-order valence-electron chi connectivity index (χ4n) is 1.75. The molecule has 0 aromatic heterocycles. The van der Waals surface area contributed by atoms with E-state index in [2.05, 4.69) is 5.32 Å². The van der Waals surface area contributed by atoms with E-state index in [4.69, 9.17) is 5.73 Å². The van der Waals surface area contributed by atoms with Crippen LogP contribution in [0.15, 0.2) is 0 Å². The zero-order valence-corrected chi connectivity index (χ0v) is 9.90. The maximum absolute atomic E-state index is 11.6. The molecule has 0 saturated carbocycles. The van der Waals surface area contributed by atoms with E-state index in [-0.39, 0.29) is 12.3 Å². The van der Waals surface area contributed by atoms with Gasteiger partial charge in [0.1, 0.15) is 0 Å². The number of hydrogen-bond donors (Lipinski definition) is 2. The lowest BCUT2D eigenvalue weighted by atomic mass is 10.1.